The third-order valence-electron chi connectivity index (χ3n) is 3.84. The molecule has 1 aliphatic rings. The van der Waals surface area contributed by atoms with Gasteiger partial charge in [0, 0.05) is 19.6 Å². The molecule has 1 aromatic carbocycles. The Balaban J connectivity index is 1.77. The van der Waals surface area contributed by atoms with Crippen molar-refractivity contribution >= 4 is 5.91 Å². The summed E-state index contributed by atoms with van der Waals surface area (Å²) in [7, 11) is 0. The number of benzene rings is 1. The van der Waals surface area contributed by atoms with Crippen molar-refractivity contribution in [1.82, 2.24) is 5.32 Å². The standard InChI is InChI=1S/C16H23NO3/c18-12-15(14-4-2-1-3-5-14)17-16(19)7-6-13-8-10-20-11-9-13/h1-5,13,15,18H,6-12H2,(H,17,19)/t15-/m1/s1. The number of aliphatic hydroxyl groups excluding tert-OH is 1. The maximum absolute atomic E-state index is 12.0. The molecule has 0 bridgehead atoms. The van der Waals surface area contributed by atoms with E-state index in [1.54, 1.807) is 0 Å². The highest BCUT2D eigenvalue weighted by Crippen LogP contribution is 2.20. The van der Waals surface area contributed by atoms with Crippen LogP contribution in [0.4, 0.5) is 0 Å². The molecule has 1 aromatic rings. The number of carbonyl (C=O) groups excluding carboxylic acids is 1. The van der Waals surface area contributed by atoms with Gasteiger partial charge in [0.2, 0.25) is 5.91 Å². The van der Waals surface area contributed by atoms with Gasteiger partial charge in [-0.25, -0.2) is 0 Å². The zero-order valence-corrected chi connectivity index (χ0v) is 11.8. The number of rotatable bonds is 6. The van der Waals surface area contributed by atoms with Crippen LogP contribution >= 0.6 is 0 Å². The van der Waals surface area contributed by atoms with Crippen molar-refractivity contribution in [3.8, 4) is 0 Å². The predicted octanol–water partition coefficient (Wildman–Crippen LogP) is 2.04. The van der Waals surface area contributed by atoms with Crippen molar-refractivity contribution in [1.29, 1.82) is 0 Å². The summed E-state index contributed by atoms with van der Waals surface area (Å²) in [6, 6.07) is 9.26. The van der Waals surface area contributed by atoms with Crippen LogP contribution < -0.4 is 5.32 Å². The summed E-state index contributed by atoms with van der Waals surface area (Å²) in [4.78, 5) is 12.0. The zero-order valence-electron chi connectivity index (χ0n) is 11.8. The van der Waals surface area contributed by atoms with Gasteiger partial charge in [-0.2, -0.15) is 0 Å². The minimum Gasteiger partial charge on any atom is -0.394 e. The molecule has 20 heavy (non-hydrogen) atoms. The fraction of sp³-hybridized carbons (Fsp3) is 0.562. The SMILES string of the molecule is O=C(CCC1CCOCC1)N[C@H](CO)c1ccccc1. The molecule has 2 N–H and O–H groups in total. The van der Waals surface area contributed by atoms with Gasteiger partial charge in [0.15, 0.2) is 0 Å². The summed E-state index contributed by atoms with van der Waals surface area (Å²) < 4.78 is 5.31. The van der Waals surface area contributed by atoms with Crippen LogP contribution in [0.5, 0.6) is 0 Å². The van der Waals surface area contributed by atoms with Crippen molar-refractivity contribution in [2.75, 3.05) is 19.8 Å². The Morgan fingerprint density at radius 1 is 1.30 bits per heavy atom. The third-order valence-corrected chi connectivity index (χ3v) is 3.84. The van der Waals surface area contributed by atoms with E-state index in [2.05, 4.69) is 5.32 Å². The second-order valence-electron chi connectivity index (χ2n) is 5.31. The van der Waals surface area contributed by atoms with Gasteiger partial charge >= 0.3 is 0 Å². The first kappa shape index (κ1) is 15.0. The normalized spacial score (nSPS) is 17.6. The molecular weight excluding hydrogens is 254 g/mol. The number of aliphatic hydroxyl groups is 1. The molecule has 0 saturated carbocycles. The van der Waals surface area contributed by atoms with Gasteiger partial charge in [-0.3, -0.25) is 4.79 Å². The summed E-state index contributed by atoms with van der Waals surface area (Å²) in [6.07, 6.45) is 3.53. The summed E-state index contributed by atoms with van der Waals surface area (Å²) in [6.45, 7) is 1.55. The number of amides is 1. The first-order valence-corrected chi connectivity index (χ1v) is 7.32. The molecule has 0 spiro atoms. The molecular formula is C16H23NO3. The van der Waals surface area contributed by atoms with E-state index >= 15 is 0 Å². The second-order valence-corrected chi connectivity index (χ2v) is 5.31. The van der Waals surface area contributed by atoms with E-state index in [1.165, 1.54) is 0 Å². The van der Waals surface area contributed by atoms with E-state index < -0.39 is 0 Å². The minimum atomic E-state index is -0.307. The van der Waals surface area contributed by atoms with Crippen LogP contribution in [-0.4, -0.2) is 30.8 Å². The van der Waals surface area contributed by atoms with E-state index in [0.717, 1.165) is 38.0 Å². The van der Waals surface area contributed by atoms with Crippen molar-refractivity contribution < 1.29 is 14.6 Å². The minimum absolute atomic E-state index is 0.0133. The summed E-state index contributed by atoms with van der Waals surface area (Å²) in [5.74, 6) is 0.609. The molecule has 4 nitrogen and oxygen atoms in total. The Morgan fingerprint density at radius 3 is 2.65 bits per heavy atom. The Kier molecular flexibility index (Phi) is 6.02. The monoisotopic (exact) mass is 277 g/mol. The van der Waals surface area contributed by atoms with E-state index in [9.17, 15) is 9.90 Å². The Hall–Kier alpha value is -1.39. The maximum atomic E-state index is 12.0. The fourth-order valence-electron chi connectivity index (χ4n) is 2.56. The largest absolute Gasteiger partial charge is 0.394 e. The number of nitrogens with one attached hydrogen (secondary N) is 1. The topological polar surface area (TPSA) is 58.6 Å². The lowest BCUT2D eigenvalue weighted by atomic mass is 9.94. The number of hydrogen-bond donors (Lipinski definition) is 2. The lowest BCUT2D eigenvalue weighted by Crippen LogP contribution is -2.31. The molecule has 110 valence electrons. The average molecular weight is 277 g/mol. The average Bonchev–Trinajstić information content (AvgIpc) is 2.52. The third kappa shape index (κ3) is 4.62. The van der Waals surface area contributed by atoms with Crippen molar-refractivity contribution in [3.63, 3.8) is 0 Å². The van der Waals surface area contributed by atoms with Gasteiger partial charge in [-0.15, -0.1) is 0 Å². The summed E-state index contributed by atoms with van der Waals surface area (Å²) in [5, 5.41) is 12.3. The van der Waals surface area contributed by atoms with Crippen LogP contribution in [0.1, 0.15) is 37.3 Å². The van der Waals surface area contributed by atoms with Gasteiger partial charge in [0.25, 0.3) is 0 Å². The van der Waals surface area contributed by atoms with Crippen LogP contribution in [0.15, 0.2) is 30.3 Å². The van der Waals surface area contributed by atoms with E-state index in [0.29, 0.717) is 12.3 Å². The second kappa shape index (κ2) is 8.02. The molecule has 0 aliphatic carbocycles. The molecule has 4 heteroatoms. The molecule has 0 aromatic heterocycles. The van der Waals surface area contributed by atoms with Gasteiger partial charge < -0.3 is 15.2 Å². The fourth-order valence-corrected chi connectivity index (χ4v) is 2.56. The highest BCUT2D eigenvalue weighted by Gasteiger charge is 2.17. The molecule has 1 saturated heterocycles. The molecule has 1 fully saturated rings. The zero-order chi connectivity index (χ0) is 14.2. The van der Waals surface area contributed by atoms with Crippen molar-refractivity contribution in [2.45, 2.75) is 31.7 Å². The molecule has 1 heterocycles. The van der Waals surface area contributed by atoms with Crippen LogP contribution in [0.2, 0.25) is 0 Å². The molecule has 0 radical (unpaired) electrons. The predicted molar refractivity (Wildman–Crippen MR) is 77.2 cm³/mol. The van der Waals surface area contributed by atoms with Crippen molar-refractivity contribution in [3.05, 3.63) is 35.9 Å². The van der Waals surface area contributed by atoms with E-state index in [1.807, 2.05) is 30.3 Å². The molecule has 1 aliphatic heterocycles. The lowest BCUT2D eigenvalue weighted by Gasteiger charge is -2.22. The summed E-state index contributed by atoms with van der Waals surface area (Å²) >= 11 is 0. The number of carbonyl (C=O) groups is 1. The number of hydrogen-bond acceptors (Lipinski definition) is 3. The quantitative estimate of drug-likeness (QED) is 0.836. The summed E-state index contributed by atoms with van der Waals surface area (Å²) in [5.41, 5.74) is 0.939. The molecule has 2 rings (SSSR count). The molecule has 0 unspecified atom stereocenters. The van der Waals surface area contributed by atoms with Gasteiger partial charge in [-0.1, -0.05) is 30.3 Å². The van der Waals surface area contributed by atoms with Gasteiger partial charge in [-0.05, 0) is 30.7 Å². The molecule has 1 atom stereocenters. The smallest absolute Gasteiger partial charge is 0.220 e. The lowest BCUT2D eigenvalue weighted by molar-refractivity contribution is -0.122. The number of ether oxygens (including phenoxy) is 1. The van der Waals surface area contributed by atoms with Crippen LogP contribution in [0, 0.1) is 5.92 Å². The highest BCUT2D eigenvalue weighted by atomic mass is 16.5. The van der Waals surface area contributed by atoms with Crippen LogP contribution in [-0.2, 0) is 9.53 Å². The van der Waals surface area contributed by atoms with Crippen LogP contribution in [0.25, 0.3) is 0 Å². The Bertz CT molecular complexity index is 401. The van der Waals surface area contributed by atoms with Crippen molar-refractivity contribution in [2.24, 2.45) is 5.92 Å². The first-order chi connectivity index (χ1) is 9.79. The van der Waals surface area contributed by atoms with E-state index in [4.69, 9.17) is 4.74 Å². The van der Waals surface area contributed by atoms with Crippen LogP contribution in [0.3, 0.4) is 0 Å². The molecule has 1 amide bonds. The van der Waals surface area contributed by atoms with Gasteiger partial charge in [0.1, 0.15) is 0 Å². The maximum Gasteiger partial charge on any atom is 0.220 e. The van der Waals surface area contributed by atoms with E-state index in [-0.39, 0.29) is 18.6 Å². The Labute approximate surface area is 120 Å². The highest BCUT2D eigenvalue weighted by molar-refractivity contribution is 5.76. The first-order valence-electron chi connectivity index (χ1n) is 7.32. The Morgan fingerprint density at radius 2 is 2.00 bits per heavy atom. The van der Waals surface area contributed by atoms with Gasteiger partial charge in [0.05, 0.1) is 12.6 Å².